The predicted molar refractivity (Wildman–Crippen MR) is 80.5 cm³/mol. The average Bonchev–Trinajstić information content (AvgIpc) is 2.81. The van der Waals surface area contributed by atoms with Crippen LogP contribution in [0.4, 0.5) is 0 Å². The van der Waals surface area contributed by atoms with E-state index in [-0.39, 0.29) is 5.75 Å². The third kappa shape index (κ3) is 2.18. The van der Waals surface area contributed by atoms with Crippen molar-refractivity contribution < 1.29 is 5.11 Å². The molecule has 0 fully saturated rings. The summed E-state index contributed by atoms with van der Waals surface area (Å²) in [6, 6.07) is 17.6. The van der Waals surface area contributed by atoms with Crippen molar-refractivity contribution in [2.45, 2.75) is 6.92 Å². The second kappa shape index (κ2) is 4.85. The van der Waals surface area contributed by atoms with Gasteiger partial charge in [0.05, 0.1) is 11.4 Å². The van der Waals surface area contributed by atoms with E-state index in [0.29, 0.717) is 0 Å². The van der Waals surface area contributed by atoms with Gasteiger partial charge in [0.15, 0.2) is 0 Å². The molecule has 0 aliphatic carbocycles. The van der Waals surface area contributed by atoms with Crippen LogP contribution < -0.4 is 0 Å². The zero-order chi connectivity index (χ0) is 14.1. The van der Waals surface area contributed by atoms with Crippen molar-refractivity contribution in [3.63, 3.8) is 0 Å². The lowest BCUT2D eigenvalue weighted by Gasteiger charge is -2.03. The number of benzene rings is 2. The smallest absolute Gasteiger partial charge is 0.124 e. The number of aryl methyl sites for hydroxylation is 2. The molecule has 1 N–H and O–H groups in total. The second-order valence-corrected chi connectivity index (χ2v) is 4.93. The first-order valence-corrected chi connectivity index (χ1v) is 6.54. The first-order valence-electron chi connectivity index (χ1n) is 6.54. The molecule has 3 heteroatoms. The van der Waals surface area contributed by atoms with Crippen molar-refractivity contribution in [3.8, 4) is 28.3 Å². The molecule has 0 aliphatic rings. The third-order valence-corrected chi connectivity index (χ3v) is 3.37. The largest absolute Gasteiger partial charge is 0.507 e. The third-order valence-electron chi connectivity index (χ3n) is 3.37. The lowest BCUT2D eigenvalue weighted by Crippen LogP contribution is -1.93. The molecule has 0 amide bonds. The van der Waals surface area contributed by atoms with Gasteiger partial charge in [0.2, 0.25) is 0 Å². The van der Waals surface area contributed by atoms with Gasteiger partial charge in [-0.15, -0.1) is 0 Å². The highest BCUT2D eigenvalue weighted by Gasteiger charge is 2.11. The van der Waals surface area contributed by atoms with Gasteiger partial charge in [-0.2, -0.15) is 5.10 Å². The number of aromatic hydroxyl groups is 1. The molecular formula is C17H16N2O. The molecule has 0 spiro atoms. The maximum absolute atomic E-state index is 9.97. The molecular weight excluding hydrogens is 248 g/mol. The monoisotopic (exact) mass is 264 g/mol. The fourth-order valence-electron chi connectivity index (χ4n) is 2.36. The molecule has 3 rings (SSSR count). The summed E-state index contributed by atoms with van der Waals surface area (Å²) in [4.78, 5) is 0. The Labute approximate surface area is 118 Å². The first-order chi connectivity index (χ1) is 9.65. The van der Waals surface area contributed by atoms with Crippen LogP contribution in [0.5, 0.6) is 5.75 Å². The van der Waals surface area contributed by atoms with Crippen LogP contribution in [-0.4, -0.2) is 14.9 Å². The standard InChI is InChI=1S/C17H16N2O/c1-12-6-5-7-13(10-12)15-11-16(19(2)18-15)14-8-3-4-9-17(14)20/h3-11,20H,1-2H3. The Bertz CT molecular complexity index is 759. The van der Waals surface area contributed by atoms with Gasteiger partial charge in [-0.25, -0.2) is 0 Å². The van der Waals surface area contributed by atoms with Crippen LogP contribution in [0, 0.1) is 6.92 Å². The normalized spacial score (nSPS) is 10.7. The molecule has 0 bridgehead atoms. The fraction of sp³-hybridized carbons (Fsp3) is 0.118. The van der Waals surface area contributed by atoms with Crippen LogP contribution in [0.15, 0.2) is 54.6 Å². The number of aromatic nitrogens is 2. The van der Waals surface area contributed by atoms with Gasteiger partial charge < -0.3 is 5.11 Å². The summed E-state index contributed by atoms with van der Waals surface area (Å²) in [6.45, 7) is 2.07. The molecule has 100 valence electrons. The average molecular weight is 264 g/mol. The van der Waals surface area contributed by atoms with Gasteiger partial charge in [0.1, 0.15) is 5.75 Å². The van der Waals surface area contributed by atoms with E-state index in [9.17, 15) is 5.11 Å². The zero-order valence-electron chi connectivity index (χ0n) is 11.5. The number of phenols is 1. The van der Waals surface area contributed by atoms with E-state index < -0.39 is 0 Å². The minimum atomic E-state index is 0.270. The maximum atomic E-state index is 9.97. The van der Waals surface area contributed by atoms with Gasteiger partial charge in [0, 0.05) is 18.2 Å². The van der Waals surface area contributed by atoms with E-state index in [1.165, 1.54) is 5.56 Å². The van der Waals surface area contributed by atoms with Gasteiger partial charge >= 0.3 is 0 Å². The first kappa shape index (κ1) is 12.5. The molecule has 0 unspecified atom stereocenters. The summed E-state index contributed by atoms with van der Waals surface area (Å²) < 4.78 is 1.80. The van der Waals surface area contributed by atoms with E-state index in [0.717, 1.165) is 22.5 Å². The summed E-state index contributed by atoms with van der Waals surface area (Å²) >= 11 is 0. The van der Waals surface area contributed by atoms with Crippen molar-refractivity contribution in [2.24, 2.45) is 7.05 Å². The Balaban J connectivity index is 2.10. The summed E-state index contributed by atoms with van der Waals surface area (Å²) in [5, 5.41) is 14.5. The topological polar surface area (TPSA) is 38.0 Å². The Morgan fingerprint density at radius 1 is 1.00 bits per heavy atom. The number of nitrogens with zero attached hydrogens (tertiary/aromatic N) is 2. The van der Waals surface area contributed by atoms with Gasteiger partial charge in [-0.05, 0) is 31.2 Å². The molecule has 0 saturated carbocycles. The number of hydrogen-bond donors (Lipinski definition) is 1. The quantitative estimate of drug-likeness (QED) is 0.765. The van der Waals surface area contributed by atoms with Crippen molar-refractivity contribution in [2.75, 3.05) is 0 Å². The Kier molecular flexibility index (Phi) is 3.03. The molecule has 20 heavy (non-hydrogen) atoms. The number of hydrogen-bond acceptors (Lipinski definition) is 2. The van der Waals surface area contributed by atoms with E-state index in [1.54, 1.807) is 10.7 Å². The summed E-state index contributed by atoms with van der Waals surface area (Å²) in [5.74, 6) is 0.270. The molecule has 0 aliphatic heterocycles. The van der Waals surface area contributed by atoms with Crippen molar-refractivity contribution in [1.82, 2.24) is 9.78 Å². The van der Waals surface area contributed by atoms with Crippen molar-refractivity contribution >= 4 is 0 Å². The molecule has 3 aromatic rings. The van der Waals surface area contributed by atoms with Crippen LogP contribution in [0.1, 0.15) is 5.56 Å². The Morgan fingerprint density at radius 2 is 1.80 bits per heavy atom. The van der Waals surface area contributed by atoms with E-state index in [2.05, 4.69) is 24.2 Å². The summed E-state index contributed by atoms with van der Waals surface area (Å²) in [5.41, 5.74) is 4.90. The van der Waals surface area contributed by atoms with Crippen LogP contribution in [-0.2, 0) is 7.05 Å². The highest BCUT2D eigenvalue weighted by molar-refractivity contribution is 5.72. The van der Waals surface area contributed by atoms with E-state index in [1.807, 2.05) is 43.4 Å². The maximum Gasteiger partial charge on any atom is 0.124 e. The van der Waals surface area contributed by atoms with Crippen LogP contribution >= 0.6 is 0 Å². The highest BCUT2D eigenvalue weighted by atomic mass is 16.3. The van der Waals surface area contributed by atoms with Crippen LogP contribution in [0.25, 0.3) is 22.5 Å². The fourth-order valence-corrected chi connectivity index (χ4v) is 2.36. The molecule has 3 nitrogen and oxygen atoms in total. The van der Waals surface area contributed by atoms with E-state index in [4.69, 9.17) is 0 Å². The lowest BCUT2D eigenvalue weighted by molar-refractivity contribution is 0.476. The molecule has 0 saturated heterocycles. The summed E-state index contributed by atoms with van der Waals surface area (Å²) in [6.07, 6.45) is 0. The Hall–Kier alpha value is -2.55. The minimum Gasteiger partial charge on any atom is -0.507 e. The summed E-state index contributed by atoms with van der Waals surface area (Å²) in [7, 11) is 1.89. The van der Waals surface area contributed by atoms with Gasteiger partial charge in [0.25, 0.3) is 0 Å². The lowest BCUT2D eigenvalue weighted by atomic mass is 10.1. The molecule has 0 radical (unpaired) electrons. The Morgan fingerprint density at radius 3 is 2.55 bits per heavy atom. The molecule has 1 aromatic heterocycles. The van der Waals surface area contributed by atoms with Gasteiger partial charge in [-0.1, -0.05) is 35.9 Å². The predicted octanol–water partition coefficient (Wildman–Crippen LogP) is 3.77. The molecule has 1 heterocycles. The minimum absolute atomic E-state index is 0.270. The van der Waals surface area contributed by atoms with Crippen LogP contribution in [0.3, 0.4) is 0 Å². The zero-order valence-corrected chi connectivity index (χ0v) is 11.5. The number of rotatable bonds is 2. The van der Waals surface area contributed by atoms with Crippen molar-refractivity contribution in [1.29, 1.82) is 0 Å². The second-order valence-electron chi connectivity index (χ2n) is 4.93. The molecule has 0 atom stereocenters. The van der Waals surface area contributed by atoms with Gasteiger partial charge in [-0.3, -0.25) is 4.68 Å². The number of phenolic OH excluding ortho intramolecular Hbond substituents is 1. The number of para-hydroxylation sites is 1. The SMILES string of the molecule is Cc1cccc(-c2cc(-c3ccccc3O)n(C)n2)c1. The van der Waals surface area contributed by atoms with E-state index >= 15 is 0 Å². The highest BCUT2D eigenvalue weighted by Crippen LogP contribution is 2.31. The molecule has 2 aromatic carbocycles. The van der Waals surface area contributed by atoms with Crippen LogP contribution in [0.2, 0.25) is 0 Å². The van der Waals surface area contributed by atoms with Crippen molar-refractivity contribution in [3.05, 3.63) is 60.2 Å².